The van der Waals surface area contributed by atoms with Crippen molar-refractivity contribution in [2.45, 2.75) is 52.4 Å². The topological polar surface area (TPSA) is 3.24 Å². The summed E-state index contributed by atoms with van der Waals surface area (Å²) in [5.41, 5.74) is 26.0. The van der Waals surface area contributed by atoms with Gasteiger partial charge in [0.15, 0.2) is 0 Å². The summed E-state index contributed by atoms with van der Waals surface area (Å²) < 4.78 is 0. The smallest absolute Gasteiger partial charge is 0.248 e. The molecule has 4 aliphatic heterocycles. The van der Waals surface area contributed by atoms with Gasteiger partial charge in [-0.25, -0.2) is 0 Å². The largest absolute Gasteiger partial charge is 0.312 e. The summed E-state index contributed by atoms with van der Waals surface area (Å²) in [4.78, 5) is 2.70. The molecule has 252 valence electrons. The van der Waals surface area contributed by atoms with Gasteiger partial charge in [-0.15, -0.1) is 0 Å². The van der Waals surface area contributed by atoms with Crippen LogP contribution < -0.4 is 37.7 Å². The van der Waals surface area contributed by atoms with E-state index in [0.717, 1.165) is 0 Å². The zero-order chi connectivity index (χ0) is 36.0. The number of benzene rings is 7. The molecule has 1 nitrogen and oxygen atoms in total. The van der Waals surface area contributed by atoms with Gasteiger partial charge in [-0.05, 0) is 113 Å². The second kappa shape index (κ2) is 10.5. The van der Waals surface area contributed by atoms with Crippen molar-refractivity contribution >= 4 is 63.3 Å². The maximum Gasteiger partial charge on any atom is 0.248 e. The van der Waals surface area contributed by atoms with Crippen molar-refractivity contribution in [1.82, 2.24) is 0 Å². The molecule has 0 spiro atoms. The molecule has 4 aliphatic rings. The molecule has 53 heavy (non-hydrogen) atoms. The zero-order valence-corrected chi connectivity index (χ0v) is 31.4. The summed E-state index contributed by atoms with van der Waals surface area (Å²) in [6.07, 6.45) is 0. The fourth-order valence-corrected chi connectivity index (χ4v) is 9.90. The summed E-state index contributed by atoms with van der Waals surface area (Å²) in [6.45, 7) is 14.6. The molecule has 11 rings (SSSR count). The van der Waals surface area contributed by atoms with Gasteiger partial charge >= 0.3 is 0 Å². The van der Waals surface area contributed by atoms with Crippen molar-refractivity contribution in [3.8, 4) is 44.5 Å². The molecule has 0 fully saturated rings. The Bertz CT molecular complexity index is 2510. The Labute approximate surface area is 314 Å². The second-order valence-electron chi connectivity index (χ2n) is 17.7. The van der Waals surface area contributed by atoms with E-state index in [1.807, 2.05) is 0 Å². The third kappa shape index (κ3) is 4.28. The number of nitrogens with zero attached hydrogens (tertiary/aromatic N) is 1. The van der Waals surface area contributed by atoms with E-state index in [4.69, 9.17) is 0 Å². The van der Waals surface area contributed by atoms with Crippen molar-refractivity contribution in [1.29, 1.82) is 0 Å². The molecular weight excluding hydrogens is 636 g/mol. The predicted octanol–water partition coefficient (Wildman–Crippen LogP) is 8.71. The number of fused-ring (bicyclic) bond motifs is 10. The summed E-state index contributed by atoms with van der Waals surface area (Å²) in [6, 6.07) is 53.5. The van der Waals surface area contributed by atoms with E-state index < -0.39 is 0 Å². The van der Waals surface area contributed by atoms with Gasteiger partial charge < -0.3 is 4.90 Å². The van der Waals surface area contributed by atoms with Gasteiger partial charge in [0.05, 0.1) is 0 Å². The number of para-hydroxylation sites is 1. The average Bonchev–Trinajstić information content (AvgIpc) is 3.67. The van der Waals surface area contributed by atoms with Crippen LogP contribution in [0.25, 0.3) is 44.5 Å². The van der Waals surface area contributed by atoms with Gasteiger partial charge in [-0.1, -0.05) is 168 Å². The maximum absolute atomic E-state index is 2.70. The molecule has 0 unspecified atom stereocenters. The Morgan fingerprint density at radius 1 is 0.377 bits per heavy atom. The highest BCUT2D eigenvalue weighted by Gasteiger charge is 2.50. The third-order valence-electron chi connectivity index (χ3n) is 12.6. The predicted molar refractivity (Wildman–Crippen MR) is 230 cm³/mol. The number of rotatable bonds is 2. The highest BCUT2D eigenvalue weighted by Crippen LogP contribution is 2.47. The Kier molecular flexibility index (Phi) is 6.17. The van der Waals surface area contributed by atoms with E-state index in [-0.39, 0.29) is 24.3 Å². The second-order valence-corrected chi connectivity index (χ2v) is 17.7. The van der Waals surface area contributed by atoms with Crippen molar-refractivity contribution in [3.63, 3.8) is 0 Å². The van der Waals surface area contributed by atoms with Crippen molar-refractivity contribution < 1.29 is 0 Å². The molecule has 0 atom stereocenters. The molecule has 0 saturated carbocycles. The molecule has 0 bridgehead atoms. The molecule has 0 N–H and O–H groups in total. The van der Waals surface area contributed by atoms with Gasteiger partial charge in [0.25, 0.3) is 0 Å². The van der Waals surface area contributed by atoms with Crippen LogP contribution in [-0.4, -0.2) is 13.4 Å². The van der Waals surface area contributed by atoms with Crippen molar-refractivity contribution in [2.75, 3.05) is 4.90 Å². The first-order chi connectivity index (χ1) is 25.6. The molecule has 7 aromatic rings. The Morgan fingerprint density at radius 2 is 0.811 bits per heavy atom. The first kappa shape index (κ1) is 31.0. The fourth-order valence-electron chi connectivity index (χ4n) is 9.90. The molecular formula is C50H41B2N. The molecule has 0 radical (unpaired) electrons. The van der Waals surface area contributed by atoms with Crippen LogP contribution in [0.2, 0.25) is 0 Å². The number of anilines is 3. The Morgan fingerprint density at radius 3 is 1.23 bits per heavy atom. The lowest BCUT2D eigenvalue weighted by atomic mass is 9.32. The summed E-state index contributed by atoms with van der Waals surface area (Å²) >= 11 is 0. The van der Waals surface area contributed by atoms with Crippen LogP contribution in [0.4, 0.5) is 17.1 Å². The van der Waals surface area contributed by atoms with Crippen molar-refractivity contribution in [2.24, 2.45) is 0 Å². The third-order valence-corrected chi connectivity index (χ3v) is 12.6. The normalized spacial score (nSPS) is 14.1. The van der Waals surface area contributed by atoms with Crippen LogP contribution in [0.5, 0.6) is 0 Å². The van der Waals surface area contributed by atoms with Gasteiger partial charge in [0.1, 0.15) is 0 Å². The number of hydrogen-bond acceptors (Lipinski definition) is 1. The van der Waals surface area contributed by atoms with Crippen molar-refractivity contribution in [3.05, 3.63) is 151 Å². The minimum atomic E-state index is -0.0157. The molecule has 4 heterocycles. The van der Waals surface area contributed by atoms with Gasteiger partial charge in [-0.3, -0.25) is 0 Å². The van der Waals surface area contributed by atoms with Crippen LogP contribution in [-0.2, 0) is 10.8 Å². The van der Waals surface area contributed by atoms with Gasteiger partial charge in [0, 0.05) is 17.1 Å². The molecule has 3 heteroatoms. The first-order valence-corrected chi connectivity index (χ1v) is 19.3. The highest BCUT2D eigenvalue weighted by atomic mass is 15.2. The van der Waals surface area contributed by atoms with E-state index in [0.29, 0.717) is 0 Å². The van der Waals surface area contributed by atoms with E-state index >= 15 is 0 Å². The number of hydrogen-bond donors (Lipinski definition) is 0. The summed E-state index contributed by atoms with van der Waals surface area (Å²) in [5.74, 6) is 0. The SMILES string of the molecule is CC(C)(C)c1cc2c3c(c1)N1c4cc(C(C)(C)C)cc5c4B(c4ccc(-c6ccccc6)cc4-5)c4cccc(c41)B3c1ccc(-c3ccccc3)cc1-2. The van der Waals surface area contributed by atoms with Crippen LogP contribution >= 0.6 is 0 Å². The standard InChI is InChI=1S/C50H41B2N/c1-49(2,3)34-26-38-36-24-32(30-14-9-7-10-15-30)20-22-40(36)51-42-18-13-19-43-48(42)53(44(28-34)46(38)51)45-29-35(50(4,5)6)27-39-37-25-33(31-16-11-8-12-17-31)21-23-41(37)52(43)47(39)45/h7-29H,1-6H3. The lowest BCUT2D eigenvalue weighted by Crippen LogP contribution is -2.63. The average molecular weight is 678 g/mol. The van der Waals surface area contributed by atoms with Crippen LogP contribution in [0, 0.1) is 0 Å². The minimum Gasteiger partial charge on any atom is -0.312 e. The Balaban J connectivity index is 1.23. The molecule has 0 aliphatic carbocycles. The van der Waals surface area contributed by atoms with Gasteiger partial charge in [-0.2, -0.15) is 0 Å². The van der Waals surface area contributed by atoms with Gasteiger partial charge in [0.2, 0.25) is 13.4 Å². The first-order valence-electron chi connectivity index (χ1n) is 19.3. The van der Waals surface area contributed by atoms with E-state index in [2.05, 4.69) is 186 Å². The minimum absolute atomic E-state index is 0.0157. The van der Waals surface area contributed by atoms with Crippen LogP contribution in [0.15, 0.2) is 140 Å². The summed E-state index contributed by atoms with van der Waals surface area (Å²) in [5, 5.41) is 0. The fraction of sp³-hybridized carbons (Fsp3) is 0.160. The molecule has 7 aromatic carbocycles. The van der Waals surface area contributed by atoms with E-state index in [1.54, 1.807) is 0 Å². The lowest BCUT2D eigenvalue weighted by molar-refractivity contribution is 0.590. The maximum atomic E-state index is 2.70. The van der Waals surface area contributed by atoms with Crippen LogP contribution in [0.3, 0.4) is 0 Å². The molecule has 0 saturated heterocycles. The zero-order valence-electron chi connectivity index (χ0n) is 31.4. The van der Waals surface area contributed by atoms with E-state index in [9.17, 15) is 0 Å². The lowest BCUT2D eigenvalue weighted by Gasteiger charge is -2.43. The molecule has 0 amide bonds. The quantitative estimate of drug-likeness (QED) is 0.166. The van der Waals surface area contributed by atoms with Crippen LogP contribution in [0.1, 0.15) is 52.7 Å². The highest BCUT2D eigenvalue weighted by molar-refractivity contribution is 7.05. The summed E-state index contributed by atoms with van der Waals surface area (Å²) in [7, 11) is 0. The Hall–Kier alpha value is -5.53. The monoisotopic (exact) mass is 677 g/mol. The molecule has 0 aromatic heterocycles. The van der Waals surface area contributed by atoms with E-state index in [1.165, 1.54) is 105 Å².